The maximum absolute atomic E-state index is 2.48. The molecule has 0 fully saturated rings. The summed E-state index contributed by atoms with van der Waals surface area (Å²) in [6.07, 6.45) is 2.43. The maximum atomic E-state index is 2.48. The number of rotatable bonds is 5. The smallest absolute Gasteiger partial charge is 0.0541 e. The van der Waals surface area contributed by atoms with Crippen LogP contribution >= 0.6 is 0 Å². The zero-order valence-electron chi connectivity index (χ0n) is 29.3. The molecule has 8 aromatic rings. The zero-order valence-corrected chi connectivity index (χ0v) is 29.3. The first kappa shape index (κ1) is 30.5. The van der Waals surface area contributed by atoms with Gasteiger partial charge in [-0.2, -0.15) is 0 Å². The first-order valence-electron chi connectivity index (χ1n) is 17.9. The van der Waals surface area contributed by atoms with Crippen LogP contribution in [0.1, 0.15) is 51.7 Å². The quantitative estimate of drug-likeness (QED) is 0.181. The molecule has 0 atom stereocenters. The van der Waals surface area contributed by atoms with Crippen molar-refractivity contribution < 1.29 is 0 Å². The Morgan fingerprint density at radius 1 is 0.460 bits per heavy atom. The van der Waals surface area contributed by atoms with E-state index < -0.39 is 0 Å². The molecule has 0 unspecified atom stereocenters. The number of aromatic nitrogens is 1. The van der Waals surface area contributed by atoms with Gasteiger partial charge in [0.1, 0.15) is 0 Å². The van der Waals surface area contributed by atoms with Gasteiger partial charge in [0.05, 0.1) is 16.7 Å². The Hall–Kier alpha value is -5.60. The number of hydrogen-bond donors (Lipinski definition) is 0. The Labute approximate surface area is 295 Å². The lowest BCUT2D eigenvalue weighted by Crippen LogP contribution is -2.33. The van der Waals surface area contributed by atoms with E-state index in [2.05, 4.69) is 195 Å². The Kier molecular flexibility index (Phi) is 7.00. The van der Waals surface area contributed by atoms with Crippen LogP contribution in [0.3, 0.4) is 0 Å². The molecule has 50 heavy (non-hydrogen) atoms. The molecule has 1 aliphatic rings. The molecule has 0 spiro atoms. The molecule has 0 N–H and O–H groups in total. The van der Waals surface area contributed by atoms with E-state index in [1.807, 2.05) is 0 Å². The number of fused-ring (bicyclic) bond motifs is 5. The van der Waals surface area contributed by atoms with Crippen molar-refractivity contribution in [2.75, 3.05) is 4.90 Å². The van der Waals surface area contributed by atoms with E-state index in [0.717, 1.165) is 11.4 Å². The summed E-state index contributed by atoms with van der Waals surface area (Å²) in [7, 11) is 0. The minimum atomic E-state index is 0.155. The number of nitrogens with zero attached hydrogens (tertiary/aromatic N) is 2. The highest BCUT2D eigenvalue weighted by atomic mass is 15.1. The van der Waals surface area contributed by atoms with Gasteiger partial charge in [0.25, 0.3) is 0 Å². The Balaban J connectivity index is 1.14. The largest absolute Gasteiger partial charge is 0.310 e. The lowest BCUT2D eigenvalue weighted by Gasteiger charge is -2.42. The predicted molar refractivity (Wildman–Crippen MR) is 214 cm³/mol. The second-order valence-electron chi connectivity index (χ2n) is 15.3. The minimum absolute atomic E-state index is 0.155. The van der Waals surface area contributed by atoms with Gasteiger partial charge in [-0.3, -0.25) is 0 Å². The first-order valence-corrected chi connectivity index (χ1v) is 17.9. The van der Waals surface area contributed by atoms with Crippen molar-refractivity contribution in [1.29, 1.82) is 0 Å². The summed E-state index contributed by atoms with van der Waals surface area (Å²) < 4.78 is 2.47. The SMILES string of the molecule is CC1(C)CCC(C)(C)c2cc(-n3c4ccccc4c4cc(-c5ccc(N(c6ccccc6)c6cccc7ccccc67)cc5)ccc43)ccc21. The molecule has 2 nitrogen and oxygen atoms in total. The molecular weight excluding hydrogens is 605 g/mol. The number of hydrogen-bond acceptors (Lipinski definition) is 1. The lowest BCUT2D eigenvalue weighted by molar-refractivity contribution is 0.332. The molecule has 1 aromatic heterocycles. The van der Waals surface area contributed by atoms with Crippen molar-refractivity contribution in [3.8, 4) is 16.8 Å². The highest BCUT2D eigenvalue weighted by molar-refractivity contribution is 6.10. The molecule has 0 radical (unpaired) electrons. The van der Waals surface area contributed by atoms with E-state index in [4.69, 9.17) is 0 Å². The van der Waals surface area contributed by atoms with Crippen LogP contribution in [0.5, 0.6) is 0 Å². The third-order valence-electron chi connectivity index (χ3n) is 11.2. The molecule has 0 saturated carbocycles. The molecule has 0 amide bonds. The molecule has 9 rings (SSSR count). The van der Waals surface area contributed by atoms with E-state index >= 15 is 0 Å². The highest BCUT2D eigenvalue weighted by Crippen LogP contribution is 2.47. The summed E-state index contributed by atoms with van der Waals surface area (Å²) in [5, 5.41) is 5.03. The summed E-state index contributed by atoms with van der Waals surface area (Å²) >= 11 is 0. The third kappa shape index (κ3) is 4.93. The second kappa shape index (κ2) is 11.5. The first-order chi connectivity index (χ1) is 24.3. The van der Waals surface area contributed by atoms with Gasteiger partial charge >= 0.3 is 0 Å². The Morgan fingerprint density at radius 3 is 1.88 bits per heavy atom. The third-order valence-corrected chi connectivity index (χ3v) is 11.2. The van der Waals surface area contributed by atoms with Gasteiger partial charge in [-0.25, -0.2) is 0 Å². The average Bonchev–Trinajstić information content (AvgIpc) is 3.48. The number of benzene rings is 7. The summed E-state index contributed by atoms with van der Waals surface area (Å²) in [6, 6.07) is 58.0. The van der Waals surface area contributed by atoms with Crippen LogP contribution in [-0.4, -0.2) is 4.57 Å². The van der Waals surface area contributed by atoms with E-state index in [9.17, 15) is 0 Å². The molecule has 1 aliphatic carbocycles. The summed E-state index contributed by atoms with van der Waals surface area (Å²) in [5.74, 6) is 0. The van der Waals surface area contributed by atoms with Gasteiger partial charge in [-0.05, 0) is 112 Å². The van der Waals surface area contributed by atoms with Crippen LogP contribution < -0.4 is 4.90 Å². The fraction of sp³-hybridized carbons (Fsp3) is 0.167. The Bertz CT molecular complexity index is 2530. The maximum Gasteiger partial charge on any atom is 0.0541 e. The molecule has 0 saturated heterocycles. The monoisotopic (exact) mass is 646 g/mol. The van der Waals surface area contributed by atoms with Crippen LogP contribution in [-0.2, 0) is 10.8 Å². The fourth-order valence-electron chi connectivity index (χ4n) is 8.36. The van der Waals surface area contributed by atoms with Crippen molar-refractivity contribution in [2.24, 2.45) is 0 Å². The minimum Gasteiger partial charge on any atom is -0.310 e. The molecule has 244 valence electrons. The van der Waals surface area contributed by atoms with Crippen molar-refractivity contribution in [1.82, 2.24) is 4.57 Å². The van der Waals surface area contributed by atoms with E-state index in [0.29, 0.717) is 0 Å². The molecular formula is C48H42N2. The van der Waals surface area contributed by atoms with E-state index in [-0.39, 0.29) is 10.8 Å². The number of anilines is 3. The van der Waals surface area contributed by atoms with Gasteiger partial charge in [0.15, 0.2) is 0 Å². The van der Waals surface area contributed by atoms with Crippen LogP contribution in [0.4, 0.5) is 17.1 Å². The van der Waals surface area contributed by atoms with Gasteiger partial charge in [0.2, 0.25) is 0 Å². The van der Waals surface area contributed by atoms with Crippen LogP contribution in [0, 0.1) is 0 Å². The van der Waals surface area contributed by atoms with Crippen LogP contribution in [0.25, 0.3) is 49.4 Å². The fourth-order valence-corrected chi connectivity index (χ4v) is 8.36. The van der Waals surface area contributed by atoms with Crippen molar-refractivity contribution in [2.45, 2.75) is 51.4 Å². The second-order valence-corrected chi connectivity index (χ2v) is 15.3. The van der Waals surface area contributed by atoms with Crippen molar-refractivity contribution in [3.63, 3.8) is 0 Å². The normalized spacial score (nSPS) is 15.0. The van der Waals surface area contributed by atoms with Gasteiger partial charge in [0, 0.05) is 33.2 Å². The highest BCUT2D eigenvalue weighted by Gasteiger charge is 2.37. The van der Waals surface area contributed by atoms with Crippen LogP contribution in [0.15, 0.2) is 158 Å². The summed E-state index contributed by atoms with van der Waals surface area (Å²) in [5.41, 5.74) is 12.9. The summed E-state index contributed by atoms with van der Waals surface area (Å²) in [4.78, 5) is 2.36. The van der Waals surface area contributed by atoms with Crippen LogP contribution in [0.2, 0.25) is 0 Å². The molecule has 0 bridgehead atoms. The lowest BCUT2D eigenvalue weighted by atomic mass is 9.63. The van der Waals surface area contributed by atoms with Gasteiger partial charge in [-0.15, -0.1) is 0 Å². The molecule has 1 heterocycles. The predicted octanol–water partition coefficient (Wildman–Crippen LogP) is 13.4. The molecule has 7 aromatic carbocycles. The van der Waals surface area contributed by atoms with Crippen molar-refractivity contribution in [3.05, 3.63) is 169 Å². The molecule has 2 heteroatoms. The standard InChI is InChI=1S/C48H42N2/c1-47(2)29-30-48(3,4)43-32-38(26-27-42(43)47)50-45-19-11-10-18-40(45)41-31-35(23-28-46(41)50)33-21-24-37(25-22-33)49(36-15-6-5-7-16-36)44-20-12-14-34-13-8-9-17-39(34)44/h5-28,31-32H,29-30H2,1-4H3. The van der Waals surface area contributed by atoms with Gasteiger partial charge < -0.3 is 9.47 Å². The molecule has 0 aliphatic heterocycles. The zero-order chi connectivity index (χ0) is 34.0. The van der Waals surface area contributed by atoms with Crippen molar-refractivity contribution >= 4 is 49.6 Å². The Morgan fingerprint density at radius 2 is 1.08 bits per heavy atom. The van der Waals surface area contributed by atoms with E-state index in [1.165, 1.54) is 79.0 Å². The summed E-state index contributed by atoms with van der Waals surface area (Å²) in [6.45, 7) is 9.63. The van der Waals surface area contributed by atoms with E-state index in [1.54, 1.807) is 0 Å². The topological polar surface area (TPSA) is 8.17 Å². The number of para-hydroxylation sites is 2. The van der Waals surface area contributed by atoms with Gasteiger partial charge in [-0.1, -0.05) is 125 Å². The average molecular weight is 647 g/mol.